The summed E-state index contributed by atoms with van der Waals surface area (Å²) in [5.41, 5.74) is 4.38. The van der Waals surface area contributed by atoms with Crippen LogP contribution in [-0.2, 0) is 11.2 Å². The maximum Gasteiger partial charge on any atom is 0.227 e. The molecule has 2 unspecified atom stereocenters. The number of anilines is 3. The van der Waals surface area contributed by atoms with Crippen molar-refractivity contribution < 1.29 is 9.13 Å². The molecule has 2 saturated heterocycles. The van der Waals surface area contributed by atoms with Crippen LogP contribution in [0.1, 0.15) is 18.9 Å². The Hall–Kier alpha value is -3.03. The minimum Gasteiger partial charge on any atom is -0.381 e. The van der Waals surface area contributed by atoms with Gasteiger partial charge in [0, 0.05) is 49.2 Å². The second-order valence-electron chi connectivity index (χ2n) is 8.84. The normalized spacial score (nSPS) is 19.9. The third-order valence-electron chi connectivity index (χ3n) is 6.67. The first-order valence-electron chi connectivity index (χ1n) is 11.6. The maximum absolute atomic E-state index is 15.0. The summed E-state index contributed by atoms with van der Waals surface area (Å²) in [7, 11) is 2.15. The van der Waals surface area contributed by atoms with E-state index >= 15 is 0 Å². The lowest BCUT2D eigenvalue weighted by molar-refractivity contribution is 0.151. The van der Waals surface area contributed by atoms with E-state index in [0.29, 0.717) is 29.4 Å². The third kappa shape index (κ3) is 4.70. The van der Waals surface area contributed by atoms with E-state index in [4.69, 9.17) is 4.74 Å². The van der Waals surface area contributed by atoms with Crippen molar-refractivity contribution in [1.82, 2.24) is 14.9 Å². The number of hydrogen-bond donors (Lipinski definition) is 1. The predicted octanol–water partition coefficient (Wildman–Crippen LogP) is 4.50. The Labute approximate surface area is 194 Å². The molecule has 3 heterocycles. The van der Waals surface area contributed by atoms with E-state index < -0.39 is 0 Å². The van der Waals surface area contributed by atoms with Crippen LogP contribution in [0, 0.1) is 5.82 Å². The fourth-order valence-electron chi connectivity index (χ4n) is 4.86. The predicted molar refractivity (Wildman–Crippen MR) is 130 cm³/mol. The van der Waals surface area contributed by atoms with Gasteiger partial charge in [-0.15, -0.1) is 0 Å². The Balaban J connectivity index is 1.27. The molecule has 0 radical (unpaired) electrons. The van der Waals surface area contributed by atoms with E-state index in [1.54, 1.807) is 6.20 Å². The molecule has 3 aromatic rings. The molecule has 2 atom stereocenters. The van der Waals surface area contributed by atoms with Crippen LogP contribution in [0.5, 0.6) is 0 Å². The monoisotopic (exact) mass is 447 g/mol. The molecule has 6 nitrogen and oxygen atoms in total. The highest BCUT2D eigenvalue weighted by Crippen LogP contribution is 2.35. The molecule has 2 aliphatic rings. The van der Waals surface area contributed by atoms with Gasteiger partial charge in [-0.2, -0.15) is 0 Å². The summed E-state index contributed by atoms with van der Waals surface area (Å²) in [6.45, 7) is 5.35. The Kier molecular flexibility index (Phi) is 6.24. The molecule has 2 fully saturated rings. The SMILES string of the molecule is CCOCCc1ccc(-c2ccnc(Nc3ccc(N4CC5CC4CN5C)c(F)c3)n2)cc1. The minimum atomic E-state index is -0.214. The minimum absolute atomic E-state index is 0.214. The van der Waals surface area contributed by atoms with Gasteiger partial charge < -0.3 is 15.0 Å². The van der Waals surface area contributed by atoms with E-state index in [-0.39, 0.29) is 5.82 Å². The molecule has 0 aliphatic carbocycles. The molecule has 172 valence electrons. The Bertz CT molecular complexity index is 1100. The van der Waals surface area contributed by atoms with Gasteiger partial charge in [-0.05, 0) is 56.6 Å². The summed E-state index contributed by atoms with van der Waals surface area (Å²) in [4.78, 5) is 13.5. The number of rotatable bonds is 8. The van der Waals surface area contributed by atoms with Gasteiger partial charge in [-0.25, -0.2) is 14.4 Å². The summed E-state index contributed by atoms with van der Waals surface area (Å²) in [6, 6.07) is 16.4. The Morgan fingerprint density at radius 3 is 2.64 bits per heavy atom. The number of benzene rings is 2. The number of fused-ring (bicyclic) bond motifs is 2. The van der Waals surface area contributed by atoms with Gasteiger partial charge in [0.1, 0.15) is 5.82 Å². The molecule has 1 aromatic heterocycles. The van der Waals surface area contributed by atoms with E-state index in [2.05, 4.69) is 56.4 Å². The first kappa shape index (κ1) is 21.8. The molecule has 5 rings (SSSR count). The van der Waals surface area contributed by atoms with Gasteiger partial charge in [0.2, 0.25) is 5.95 Å². The average Bonchev–Trinajstić information content (AvgIpc) is 3.40. The van der Waals surface area contributed by atoms with E-state index in [0.717, 1.165) is 50.4 Å². The van der Waals surface area contributed by atoms with Crippen LogP contribution in [0.4, 0.5) is 21.7 Å². The van der Waals surface area contributed by atoms with Crippen molar-refractivity contribution in [3.05, 3.63) is 66.1 Å². The van der Waals surface area contributed by atoms with E-state index in [1.165, 1.54) is 11.6 Å². The smallest absolute Gasteiger partial charge is 0.227 e. The fraction of sp³-hybridized carbons (Fsp3) is 0.385. The van der Waals surface area contributed by atoms with Gasteiger partial charge in [-0.1, -0.05) is 24.3 Å². The van der Waals surface area contributed by atoms with Crippen LogP contribution in [0.2, 0.25) is 0 Å². The lowest BCUT2D eigenvalue weighted by Crippen LogP contribution is -2.44. The second-order valence-corrected chi connectivity index (χ2v) is 8.84. The van der Waals surface area contributed by atoms with Crippen LogP contribution in [0.15, 0.2) is 54.7 Å². The number of halogens is 1. The molecular formula is C26H30FN5O. The highest BCUT2D eigenvalue weighted by molar-refractivity contribution is 5.64. The first-order valence-corrected chi connectivity index (χ1v) is 11.6. The van der Waals surface area contributed by atoms with E-state index in [1.807, 2.05) is 25.1 Å². The lowest BCUT2D eigenvalue weighted by Gasteiger charge is -2.33. The molecule has 7 heteroatoms. The van der Waals surface area contributed by atoms with Crippen molar-refractivity contribution in [3.8, 4) is 11.3 Å². The highest BCUT2D eigenvalue weighted by Gasteiger charge is 2.42. The molecule has 2 bridgehead atoms. The maximum atomic E-state index is 15.0. The Morgan fingerprint density at radius 2 is 1.94 bits per heavy atom. The molecule has 1 N–H and O–H groups in total. The zero-order chi connectivity index (χ0) is 22.8. The van der Waals surface area contributed by atoms with Gasteiger partial charge in [-0.3, -0.25) is 4.90 Å². The van der Waals surface area contributed by atoms with Crippen molar-refractivity contribution >= 4 is 17.3 Å². The number of ether oxygens (including phenoxy) is 1. The number of likely N-dealkylation sites (tertiary alicyclic amines) is 1. The number of piperazine rings is 1. The fourth-order valence-corrected chi connectivity index (χ4v) is 4.86. The second kappa shape index (κ2) is 9.45. The van der Waals surface area contributed by atoms with Crippen LogP contribution in [0.25, 0.3) is 11.3 Å². The van der Waals surface area contributed by atoms with Crippen molar-refractivity contribution in [2.75, 3.05) is 43.6 Å². The number of nitrogens with zero attached hydrogens (tertiary/aromatic N) is 4. The molecule has 33 heavy (non-hydrogen) atoms. The molecule has 2 aliphatic heterocycles. The van der Waals surface area contributed by atoms with Crippen molar-refractivity contribution in [1.29, 1.82) is 0 Å². The topological polar surface area (TPSA) is 53.5 Å². The molecule has 2 aromatic carbocycles. The highest BCUT2D eigenvalue weighted by atomic mass is 19.1. The van der Waals surface area contributed by atoms with Crippen LogP contribution >= 0.6 is 0 Å². The number of nitrogens with one attached hydrogen (secondary N) is 1. The number of aromatic nitrogens is 2. The lowest BCUT2D eigenvalue weighted by atomic mass is 10.1. The zero-order valence-electron chi connectivity index (χ0n) is 19.2. The van der Waals surface area contributed by atoms with Crippen LogP contribution in [0.3, 0.4) is 0 Å². The van der Waals surface area contributed by atoms with Gasteiger partial charge in [0.05, 0.1) is 18.0 Å². The molecule has 0 saturated carbocycles. The largest absolute Gasteiger partial charge is 0.381 e. The number of likely N-dealkylation sites (N-methyl/N-ethyl adjacent to an activating group) is 1. The van der Waals surface area contributed by atoms with Crippen molar-refractivity contribution in [2.45, 2.75) is 31.8 Å². The summed E-state index contributed by atoms with van der Waals surface area (Å²) in [5.74, 6) is 0.232. The van der Waals surface area contributed by atoms with Gasteiger partial charge >= 0.3 is 0 Å². The van der Waals surface area contributed by atoms with Gasteiger partial charge in [0.15, 0.2) is 0 Å². The molecule has 0 spiro atoms. The summed E-state index contributed by atoms with van der Waals surface area (Å²) in [5, 5.41) is 3.15. The average molecular weight is 448 g/mol. The Morgan fingerprint density at radius 1 is 1.09 bits per heavy atom. The standard InChI is InChI=1S/C26H30FN5O/c1-3-33-13-11-18-4-6-19(7-5-18)24-10-12-28-26(30-24)29-20-8-9-25(23(27)14-20)32-17-21-15-22(32)16-31(21)2/h4-10,12,14,21-22H,3,11,13,15-17H2,1-2H3,(H,28,29,30). The molecular weight excluding hydrogens is 417 g/mol. The van der Waals surface area contributed by atoms with Crippen LogP contribution < -0.4 is 10.2 Å². The van der Waals surface area contributed by atoms with Crippen molar-refractivity contribution in [2.24, 2.45) is 0 Å². The van der Waals surface area contributed by atoms with E-state index in [9.17, 15) is 4.39 Å². The molecule has 0 amide bonds. The van der Waals surface area contributed by atoms with Crippen LogP contribution in [-0.4, -0.2) is 60.3 Å². The van der Waals surface area contributed by atoms with Gasteiger partial charge in [0.25, 0.3) is 0 Å². The van der Waals surface area contributed by atoms with Crippen molar-refractivity contribution in [3.63, 3.8) is 0 Å². The zero-order valence-corrected chi connectivity index (χ0v) is 19.2. The number of hydrogen-bond acceptors (Lipinski definition) is 6. The third-order valence-corrected chi connectivity index (χ3v) is 6.67. The summed E-state index contributed by atoms with van der Waals surface area (Å²) >= 11 is 0. The summed E-state index contributed by atoms with van der Waals surface area (Å²) in [6.07, 6.45) is 3.72. The summed E-state index contributed by atoms with van der Waals surface area (Å²) < 4.78 is 20.4. The quantitative estimate of drug-likeness (QED) is 0.513. The first-order chi connectivity index (χ1) is 16.1.